The second-order valence-corrected chi connectivity index (χ2v) is 9.81. The van der Waals surface area contributed by atoms with E-state index >= 15 is 0 Å². The molecule has 0 bridgehead atoms. The molecule has 2 aromatic carbocycles. The Labute approximate surface area is 204 Å². The van der Waals surface area contributed by atoms with E-state index in [-0.39, 0.29) is 0 Å². The first-order chi connectivity index (χ1) is 16.5. The number of aryl methyl sites for hydroxylation is 1. The summed E-state index contributed by atoms with van der Waals surface area (Å²) < 4.78 is 11.0. The maximum atomic E-state index is 5.98. The molecule has 2 aromatic heterocycles. The molecule has 4 rings (SSSR count). The second-order valence-electron chi connectivity index (χ2n) is 8.16. The van der Waals surface area contributed by atoms with Crippen LogP contribution in [0.3, 0.4) is 0 Å². The molecule has 2 heterocycles. The first kappa shape index (κ1) is 24.1. The monoisotopic (exact) mass is 475 g/mol. The second kappa shape index (κ2) is 11.4. The molecule has 34 heavy (non-hydrogen) atoms. The van der Waals surface area contributed by atoms with E-state index in [0.29, 0.717) is 29.3 Å². The highest BCUT2D eigenvalue weighted by Crippen LogP contribution is 2.29. The summed E-state index contributed by atoms with van der Waals surface area (Å²) in [5.41, 5.74) is 5.13. The third-order valence-corrected chi connectivity index (χ3v) is 6.13. The molecule has 0 aliphatic heterocycles. The van der Waals surface area contributed by atoms with Crippen LogP contribution in [0.1, 0.15) is 25.1 Å². The van der Waals surface area contributed by atoms with Crippen molar-refractivity contribution in [1.82, 2.24) is 25.5 Å². The molecule has 0 saturated carbocycles. The van der Waals surface area contributed by atoms with E-state index in [1.807, 2.05) is 43.0 Å². The zero-order chi connectivity index (χ0) is 23.9. The molecule has 176 valence electrons. The average molecular weight is 476 g/mol. The number of rotatable bonds is 10. The Bertz CT molecular complexity index is 1210. The fourth-order valence-corrected chi connectivity index (χ4v) is 4.21. The van der Waals surface area contributed by atoms with Crippen molar-refractivity contribution in [2.45, 2.75) is 37.5 Å². The van der Waals surface area contributed by atoms with Crippen molar-refractivity contribution in [3.63, 3.8) is 0 Å². The molecule has 0 fully saturated rings. The van der Waals surface area contributed by atoms with Gasteiger partial charge in [-0.2, -0.15) is 0 Å². The Kier molecular flexibility index (Phi) is 8.05. The van der Waals surface area contributed by atoms with E-state index in [4.69, 9.17) is 14.1 Å². The Balaban J connectivity index is 1.51. The van der Waals surface area contributed by atoms with Crippen LogP contribution in [0, 0.1) is 6.92 Å². The lowest BCUT2D eigenvalue weighted by Gasteiger charge is -2.07. The van der Waals surface area contributed by atoms with Gasteiger partial charge in [0.15, 0.2) is 0 Å². The van der Waals surface area contributed by atoms with Gasteiger partial charge in [0.2, 0.25) is 5.89 Å². The van der Waals surface area contributed by atoms with Crippen LogP contribution < -0.4 is 5.32 Å². The van der Waals surface area contributed by atoms with Gasteiger partial charge >= 0.3 is 0 Å². The summed E-state index contributed by atoms with van der Waals surface area (Å²) in [4.78, 5) is 10.5. The van der Waals surface area contributed by atoms with Crippen molar-refractivity contribution >= 4 is 11.8 Å². The van der Waals surface area contributed by atoms with Gasteiger partial charge in [-0.3, -0.25) is 4.98 Å². The van der Waals surface area contributed by atoms with Crippen molar-refractivity contribution in [2.75, 3.05) is 20.3 Å². The number of ether oxygens (including phenoxy) is 1. The summed E-state index contributed by atoms with van der Waals surface area (Å²) in [7, 11) is 1.70. The summed E-state index contributed by atoms with van der Waals surface area (Å²) >= 11 is 1.83. The first-order valence-electron chi connectivity index (χ1n) is 11.3. The molecular weight excluding hydrogens is 446 g/mol. The number of hydrogen-bond acceptors (Lipinski definition) is 8. The molecule has 0 atom stereocenters. The van der Waals surface area contributed by atoms with Crippen LogP contribution in [-0.2, 0) is 11.3 Å². The van der Waals surface area contributed by atoms with Crippen LogP contribution in [0.4, 0.5) is 0 Å². The van der Waals surface area contributed by atoms with Gasteiger partial charge in [0.05, 0.1) is 24.2 Å². The van der Waals surface area contributed by atoms with Crippen LogP contribution in [-0.4, -0.2) is 45.7 Å². The van der Waals surface area contributed by atoms with Crippen LogP contribution in [0.2, 0.25) is 0 Å². The molecule has 0 unspecified atom stereocenters. The number of nitrogens with one attached hydrogen (secondary N) is 1. The fraction of sp³-hybridized carbons (Fsp3) is 0.308. The number of nitrogens with zero attached hydrogens (tertiary/aromatic N) is 4. The summed E-state index contributed by atoms with van der Waals surface area (Å²) in [6.07, 6.45) is 1.78. The zero-order valence-electron chi connectivity index (χ0n) is 19.9. The molecule has 0 saturated heterocycles. The van der Waals surface area contributed by atoms with Crippen molar-refractivity contribution in [3.05, 3.63) is 66.0 Å². The number of thioether (sulfide) groups is 1. The molecule has 0 spiro atoms. The lowest BCUT2D eigenvalue weighted by atomic mass is 10.1. The molecule has 0 aliphatic carbocycles. The summed E-state index contributed by atoms with van der Waals surface area (Å²) in [6.45, 7) is 8.54. The minimum Gasteiger partial charge on any atom is -0.415 e. The largest absolute Gasteiger partial charge is 0.415 e. The summed E-state index contributed by atoms with van der Waals surface area (Å²) in [5.74, 6) is 0.815. The van der Waals surface area contributed by atoms with Gasteiger partial charge in [-0.05, 0) is 36.8 Å². The topological polar surface area (TPSA) is 86.0 Å². The molecule has 7 nitrogen and oxygen atoms in total. The zero-order valence-corrected chi connectivity index (χ0v) is 20.7. The lowest BCUT2D eigenvalue weighted by molar-refractivity contribution is 0.199. The molecular formula is C26H29N5O2S. The lowest BCUT2D eigenvalue weighted by Crippen LogP contribution is -2.18. The van der Waals surface area contributed by atoms with E-state index in [0.717, 1.165) is 35.6 Å². The number of aromatic nitrogens is 4. The van der Waals surface area contributed by atoms with E-state index in [2.05, 4.69) is 58.6 Å². The number of hydrogen-bond donors (Lipinski definition) is 1. The number of methoxy groups -OCH3 is 1. The van der Waals surface area contributed by atoms with Crippen LogP contribution in [0.5, 0.6) is 0 Å². The van der Waals surface area contributed by atoms with Gasteiger partial charge in [0, 0.05) is 41.5 Å². The van der Waals surface area contributed by atoms with Crippen molar-refractivity contribution in [3.8, 4) is 34.3 Å². The van der Waals surface area contributed by atoms with Gasteiger partial charge in [0.25, 0.3) is 5.89 Å². The standard InChI is InChI=1S/C26H29N5O2S/c1-17(2)34-22-11-9-20(10-12-22)23-16-28-18(3)24(29-23)26-31-30-25(33-26)21-7-5-19(6-8-21)15-27-13-14-32-4/h5-12,16-17,27H,13-15H2,1-4H3. The Hall–Kier alpha value is -3.07. The average Bonchev–Trinajstić information content (AvgIpc) is 3.33. The smallest absolute Gasteiger partial charge is 0.268 e. The van der Waals surface area contributed by atoms with E-state index in [1.54, 1.807) is 13.3 Å². The maximum Gasteiger partial charge on any atom is 0.268 e. The fourth-order valence-electron chi connectivity index (χ4n) is 3.38. The van der Waals surface area contributed by atoms with Crippen LogP contribution in [0.25, 0.3) is 34.3 Å². The minimum absolute atomic E-state index is 0.360. The predicted octanol–water partition coefficient (Wildman–Crippen LogP) is 5.41. The van der Waals surface area contributed by atoms with Gasteiger partial charge in [-0.1, -0.05) is 38.1 Å². The van der Waals surface area contributed by atoms with Crippen molar-refractivity contribution in [1.29, 1.82) is 0 Å². The summed E-state index contributed by atoms with van der Waals surface area (Å²) in [5, 5.41) is 12.4. The first-order valence-corrected chi connectivity index (χ1v) is 12.1. The molecule has 0 aliphatic rings. The Morgan fingerprint density at radius 1 is 0.971 bits per heavy atom. The van der Waals surface area contributed by atoms with Gasteiger partial charge in [-0.15, -0.1) is 22.0 Å². The van der Waals surface area contributed by atoms with E-state index in [1.165, 1.54) is 10.5 Å². The molecule has 1 N–H and O–H groups in total. The van der Waals surface area contributed by atoms with Crippen molar-refractivity contribution in [2.24, 2.45) is 0 Å². The van der Waals surface area contributed by atoms with Gasteiger partial charge in [-0.25, -0.2) is 4.98 Å². The van der Waals surface area contributed by atoms with Crippen LogP contribution >= 0.6 is 11.8 Å². The third kappa shape index (κ3) is 6.08. The van der Waals surface area contributed by atoms with E-state index in [9.17, 15) is 0 Å². The van der Waals surface area contributed by atoms with Gasteiger partial charge in [0.1, 0.15) is 5.69 Å². The highest BCUT2D eigenvalue weighted by Gasteiger charge is 2.16. The van der Waals surface area contributed by atoms with Crippen LogP contribution in [0.15, 0.2) is 64.0 Å². The highest BCUT2D eigenvalue weighted by molar-refractivity contribution is 7.99. The quantitative estimate of drug-likeness (QED) is 0.241. The van der Waals surface area contributed by atoms with Gasteiger partial charge < -0.3 is 14.5 Å². The van der Waals surface area contributed by atoms with Crippen molar-refractivity contribution < 1.29 is 9.15 Å². The normalized spacial score (nSPS) is 11.3. The molecule has 0 radical (unpaired) electrons. The maximum absolute atomic E-state index is 5.98. The molecule has 0 amide bonds. The SMILES string of the molecule is COCCNCc1ccc(-c2nnc(-c3nc(-c4ccc(SC(C)C)cc4)cnc3C)o2)cc1. The minimum atomic E-state index is 0.360. The number of benzene rings is 2. The summed E-state index contributed by atoms with van der Waals surface area (Å²) in [6, 6.07) is 16.4. The third-order valence-electron chi connectivity index (χ3n) is 5.12. The van der Waals surface area contributed by atoms with E-state index < -0.39 is 0 Å². The predicted molar refractivity (Wildman–Crippen MR) is 136 cm³/mol. The Morgan fingerprint density at radius 2 is 1.68 bits per heavy atom. The molecule has 8 heteroatoms. The Morgan fingerprint density at radius 3 is 2.38 bits per heavy atom. The highest BCUT2D eigenvalue weighted by atomic mass is 32.2. The molecule has 4 aromatic rings.